The van der Waals surface area contributed by atoms with E-state index >= 15 is 0 Å². The molecule has 0 aliphatic carbocycles. The highest BCUT2D eigenvalue weighted by Gasteiger charge is 2.20. The van der Waals surface area contributed by atoms with E-state index in [2.05, 4.69) is 27.7 Å². The molecule has 0 aromatic heterocycles. The van der Waals surface area contributed by atoms with Gasteiger partial charge >= 0.3 is 0 Å². The van der Waals surface area contributed by atoms with E-state index in [1.54, 1.807) is 0 Å². The predicted molar refractivity (Wildman–Crippen MR) is 65.4 cm³/mol. The molecule has 0 aliphatic heterocycles. The second-order valence-electron chi connectivity index (χ2n) is 5.45. The first-order valence-corrected chi connectivity index (χ1v) is 6.21. The highest BCUT2D eigenvalue weighted by molar-refractivity contribution is 4.71. The first kappa shape index (κ1) is 14.0. The summed E-state index contributed by atoms with van der Waals surface area (Å²) in [6.07, 6.45) is 8.02. The van der Waals surface area contributed by atoms with Gasteiger partial charge in [0.15, 0.2) is 0 Å². The molecular weight excluding hydrogens is 170 g/mol. The fourth-order valence-electron chi connectivity index (χ4n) is 1.54. The molecule has 0 rings (SSSR count). The molecule has 0 saturated heterocycles. The Labute approximate surface area is 90.5 Å². The maximum atomic E-state index is 5.45. The van der Waals surface area contributed by atoms with Crippen molar-refractivity contribution in [3.05, 3.63) is 0 Å². The minimum absolute atomic E-state index is 0.522. The van der Waals surface area contributed by atoms with Crippen LogP contribution in [0.15, 0.2) is 0 Å². The summed E-state index contributed by atoms with van der Waals surface area (Å²) in [6, 6.07) is 0. The third-order valence-electron chi connectivity index (χ3n) is 3.59. The van der Waals surface area contributed by atoms with Gasteiger partial charge in [-0.05, 0) is 30.7 Å². The Bertz CT molecular complexity index is 127. The van der Waals surface area contributed by atoms with Crippen LogP contribution in [0.4, 0.5) is 0 Å². The number of rotatable bonds is 8. The lowest BCUT2D eigenvalue weighted by Crippen LogP contribution is -2.18. The van der Waals surface area contributed by atoms with Crippen LogP contribution >= 0.6 is 0 Å². The Morgan fingerprint density at radius 2 is 1.43 bits per heavy atom. The van der Waals surface area contributed by atoms with E-state index < -0.39 is 0 Å². The largest absolute Gasteiger partial charge is 0.330 e. The quantitative estimate of drug-likeness (QED) is 0.588. The zero-order valence-corrected chi connectivity index (χ0v) is 10.6. The second kappa shape index (κ2) is 7.28. The zero-order valence-electron chi connectivity index (χ0n) is 10.6. The lowest BCUT2D eigenvalue weighted by atomic mass is 9.77. The fraction of sp³-hybridized carbons (Fsp3) is 1.00. The SMILES string of the molecule is CC(C)C(C)(C)CCCCCCCN. The molecule has 14 heavy (non-hydrogen) atoms. The van der Waals surface area contributed by atoms with Crippen molar-refractivity contribution in [2.45, 2.75) is 66.2 Å². The average Bonchev–Trinajstić information content (AvgIpc) is 2.10. The molecule has 0 amide bonds. The first-order valence-electron chi connectivity index (χ1n) is 6.21. The molecule has 0 spiro atoms. The Morgan fingerprint density at radius 1 is 0.929 bits per heavy atom. The van der Waals surface area contributed by atoms with Gasteiger partial charge in [0.1, 0.15) is 0 Å². The molecular formula is C13H29N. The van der Waals surface area contributed by atoms with Crippen LogP contribution in [0.5, 0.6) is 0 Å². The van der Waals surface area contributed by atoms with Crippen molar-refractivity contribution in [1.82, 2.24) is 0 Å². The smallest absolute Gasteiger partial charge is 0.00773 e. The van der Waals surface area contributed by atoms with Crippen LogP contribution in [0.1, 0.15) is 66.2 Å². The van der Waals surface area contributed by atoms with E-state index in [4.69, 9.17) is 5.73 Å². The van der Waals surface area contributed by atoms with E-state index in [9.17, 15) is 0 Å². The van der Waals surface area contributed by atoms with Gasteiger partial charge in [-0.25, -0.2) is 0 Å². The van der Waals surface area contributed by atoms with Gasteiger partial charge in [-0.2, -0.15) is 0 Å². The van der Waals surface area contributed by atoms with Crippen molar-refractivity contribution >= 4 is 0 Å². The van der Waals surface area contributed by atoms with Gasteiger partial charge in [0.2, 0.25) is 0 Å². The van der Waals surface area contributed by atoms with Crippen LogP contribution in [0.3, 0.4) is 0 Å². The van der Waals surface area contributed by atoms with Crippen LogP contribution in [0, 0.1) is 11.3 Å². The Kier molecular flexibility index (Phi) is 7.26. The third-order valence-corrected chi connectivity index (χ3v) is 3.59. The molecule has 86 valence electrons. The monoisotopic (exact) mass is 199 g/mol. The average molecular weight is 199 g/mol. The van der Waals surface area contributed by atoms with Gasteiger partial charge < -0.3 is 5.73 Å². The summed E-state index contributed by atoms with van der Waals surface area (Å²) < 4.78 is 0. The molecule has 0 radical (unpaired) electrons. The van der Waals surface area contributed by atoms with Crippen molar-refractivity contribution in [3.8, 4) is 0 Å². The topological polar surface area (TPSA) is 26.0 Å². The van der Waals surface area contributed by atoms with E-state index in [0.29, 0.717) is 5.41 Å². The molecule has 0 saturated carbocycles. The molecule has 0 bridgehead atoms. The van der Waals surface area contributed by atoms with E-state index in [1.165, 1.54) is 38.5 Å². The number of unbranched alkanes of at least 4 members (excludes halogenated alkanes) is 4. The zero-order chi connectivity index (χ0) is 11.0. The lowest BCUT2D eigenvalue weighted by molar-refractivity contribution is 0.221. The second-order valence-corrected chi connectivity index (χ2v) is 5.45. The third kappa shape index (κ3) is 6.42. The Balaban J connectivity index is 3.35. The Morgan fingerprint density at radius 3 is 1.93 bits per heavy atom. The standard InChI is InChI=1S/C13H29N/c1-12(2)13(3,4)10-8-6-5-7-9-11-14/h12H,5-11,14H2,1-4H3. The van der Waals surface area contributed by atoms with E-state index in [1.807, 2.05) is 0 Å². The summed E-state index contributed by atoms with van der Waals surface area (Å²) in [6.45, 7) is 10.3. The van der Waals surface area contributed by atoms with Gasteiger partial charge in [-0.1, -0.05) is 53.4 Å². The molecule has 0 unspecified atom stereocenters. The summed E-state index contributed by atoms with van der Waals surface area (Å²) in [5.41, 5.74) is 5.97. The van der Waals surface area contributed by atoms with Crippen molar-refractivity contribution in [3.63, 3.8) is 0 Å². The van der Waals surface area contributed by atoms with Crippen molar-refractivity contribution in [2.75, 3.05) is 6.54 Å². The molecule has 2 N–H and O–H groups in total. The molecule has 0 heterocycles. The maximum absolute atomic E-state index is 5.45. The molecule has 0 atom stereocenters. The molecule has 0 aromatic rings. The van der Waals surface area contributed by atoms with E-state index in [0.717, 1.165) is 12.5 Å². The number of nitrogens with two attached hydrogens (primary N) is 1. The summed E-state index contributed by atoms with van der Waals surface area (Å²) in [4.78, 5) is 0. The molecule has 0 aromatic carbocycles. The normalized spacial score (nSPS) is 12.4. The number of hydrogen-bond acceptors (Lipinski definition) is 1. The Hall–Kier alpha value is -0.0400. The molecule has 0 fully saturated rings. The fourth-order valence-corrected chi connectivity index (χ4v) is 1.54. The first-order chi connectivity index (χ1) is 6.50. The van der Waals surface area contributed by atoms with Crippen LogP contribution < -0.4 is 5.73 Å². The predicted octanol–water partition coefficient (Wildman–Crippen LogP) is 3.97. The summed E-state index contributed by atoms with van der Waals surface area (Å²) >= 11 is 0. The molecule has 1 heteroatoms. The van der Waals surface area contributed by atoms with Crippen LogP contribution in [-0.4, -0.2) is 6.54 Å². The van der Waals surface area contributed by atoms with Crippen molar-refractivity contribution in [2.24, 2.45) is 17.1 Å². The van der Waals surface area contributed by atoms with Crippen LogP contribution in [-0.2, 0) is 0 Å². The van der Waals surface area contributed by atoms with Crippen LogP contribution in [0.2, 0.25) is 0 Å². The summed E-state index contributed by atoms with van der Waals surface area (Å²) in [5, 5.41) is 0. The molecule has 0 aliphatic rings. The maximum Gasteiger partial charge on any atom is -0.00773 e. The summed E-state index contributed by atoms with van der Waals surface area (Å²) in [5.74, 6) is 0.798. The lowest BCUT2D eigenvalue weighted by Gasteiger charge is -2.29. The number of hydrogen-bond donors (Lipinski definition) is 1. The minimum Gasteiger partial charge on any atom is -0.330 e. The molecule has 1 nitrogen and oxygen atoms in total. The van der Waals surface area contributed by atoms with Crippen LogP contribution in [0.25, 0.3) is 0 Å². The minimum atomic E-state index is 0.522. The highest BCUT2D eigenvalue weighted by Crippen LogP contribution is 2.32. The van der Waals surface area contributed by atoms with Gasteiger partial charge in [0.25, 0.3) is 0 Å². The van der Waals surface area contributed by atoms with Crippen molar-refractivity contribution in [1.29, 1.82) is 0 Å². The van der Waals surface area contributed by atoms with E-state index in [-0.39, 0.29) is 0 Å². The van der Waals surface area contributed by atoms with Gasteiger partial charge in [0.05, 0.1) is 0 Å². The van der Waals surface area contributed by atoms with Gasteiger partial charge in [-0.15, -0.1) is 0 Å². The summed E-state index contributed by atoms with van der Waals surface area (Å²) in [7, 11) is 0. The van der Waals surface area contributed by atoms with Gasteiger partial charge in [-0.3, -0.25) is 0 Å². The highest BCUT2D eigenvalue weighted by atomic mass is 14.5. The van der Waals surface area contributed by atoms with Gasteiger partial charge in [0, 0.05) is 0 Å². The van der Waals surface area contributed by atoms with Crippen molar-refractivity contribution < 1.29 is 0 Å².